The van der Waals surface area contributed by atoms with Crippen LogP contribution < -0.4 is 15.4 Å². The highest BCUT2D eigenvalue weighted by molar-refractivity contribution is 9.09. The SMILES string of the molecule is CC.CC(=O)C(CCCCNC(=O)CCC(C)(C)OCCC(C)(C)NC(=O)CBr)NS. The molecule has 0 aliphatic rings. The Balaban J connectivity index is 0. The third-order valence-electron chi connectivity index (χ3n) is 4.66. The van der Waals surface area contributed by atoms with Crippen molar-refractivity contribution >= 4 is 46.3 Å². The number of halogens is 1. The van der Waals surface area contributed by atoms with Gasteiger partial charge in [-0.1, -0.05) is 42.6 Å². The van der Waals surface area contributed by atoms with Gasteiger partial charge in [0.25, 0.3) is 0 Å². The summed E-state index contributed by atoms with van der Waals surface area (Å²) in [5.41, 5.74) is -0.762. The lowest BCUT2D eigenvalue weighted by atomic mass is 9.99. The van der Waals surface area contributed by atoms with E-state index in [9.17, 15) is 14.4 Å². The number of amides is 2. The van der Waals surface area contributed by atoms with Crippen LogP contribution in [0.25, 0.3) is 0 Å². The van der Waals surface area contributed by atoms with Crippen molar-refractivity contribution in [3.05, 3.63) is 0 Å². The largest absolute Gasteiger partial charge is 0.375 e. The van der Waals surface area contributed by atoms with E-state index in [0.717, 1.165) is 12.8 Å². The summed E-state index contributed by atoms with van der Waals surface area (Å²) in [6, 6.07) is -0.232. The van der Waals surface area contributed by atoms with Gasteiger partial charge in [0.15, 0.2) is 0 Å². The number of nitrogens with one attached hydrogen (secondary N) is 3. The normalized spacial score (nSPS) is 12.4. The highest BCUT2D eigenvalue weighted by Crippen LogP contribution is 2.19. The van der Waals surface area contributed by atoms with E-state index in [-0.39, 0.29) is 34.5 Å². The van der Waals surface area contributed by atoms with Crippen LogP contribution in [0.2, 0.25) is 0 Å². The van der Waals surface area contributed by atoms with E-state index in [2.05, 4.69) is 44.1 Å². The lowest BCUT2D eigenvalue weighted by Crippen LogP contribution is -2.45. The lowest BCUT2D eigenvalue weighted by molar-refractivity contribution is -0.123. The van der Waals surface area contributed by atoms with Crippen LogP contribution in [0.4, 0.5) is 0 Å². The number of unbranched alkanes of at least 4 members (excludes halogenated alkanes) is 1. The Morgan fingerprint density at radius 1 is 1.03 bits per heavy atom. The maximum atomic E-state index is 12.0. The van der Waals surface area contributed by atoms with Crippen molar-refractivity contribution < 1.29 is 19.1 Å². The standard InChI is InChI=1S/C20H38BrN3O4S.C2H6/c1-15(25)16(24-29)8-6-7-12-22-17(26)9-10-20(4,5)28-13-11-19(2,3)23-18(27)14-21;1-2/h16,24,29H,6-14H2,1-5H3,(H,22,26)(H,23,27);1-2H3. The Labute approximate surface area is 203 Å². The second-order valence-corrected chi connectivity index (χ2v) is 9.38. The lowest BCUT2D eigenvalue weighted by Gasteiger charge is -2.30. The van der Waals surface area contributed by atoms with Crippen molar-refractivity contribution in [1.82, 2.24) is 15.4 Å². The molecule has 0 aromatic rings. The number of thiol groups is 1. The summed E-state index contributed by atoms with van der Waals surface area (Å²) >= 11 is 7.10. The van der Waals surface area contributed by atoms with Crippen LogP contribution in [0.15, 0.2) is 0 Å². The van der Waals surface area contributed by atoms with E-state index in [1.165, 1.54) is 0 Å². The van der Waals surface area contributed by atoms with Gasteiger partial charge in [-0.25, -0.2) is 0 Å². The number of rotatable bonds is 16. The highest BCUT2D eigenvalue weighted by Gasteiger charge is 2.24. The number of hydrogen-bond donors (Lipinski definition) is 4. The van der Waals surface area contributed by atoms with Crippen molar-refractivity contribution in [2.75, 3.05) is 18.5 Å². The second kappa shape index (κ2) is 17.9. The number of carbonyl (C=O) groups excluding carboxylic acids is 3. The fraction of sp³-hybridized carbons (Fsp3) is 0.864. The molecule has 0 saturated heterocycles. The monoisotopic (exact) mass is 525 g/mol. The first kappa shape index (κ1) is 32.5. The van der Waals surface area contributed by atoms with Gasteiger partial charge >= 0.3 is 0 Å². The van der Waals surface area contributed by atoms with E-state index in [1.807, 2.05) is 41.5 Å². The first-order valence-corrected chi connectivity index (χ1v) is 12.7. The molecule has 1 atom stereocenters. The molecular formula is C22H44BrN3O4S. The number of Topliss-reactive ketones (excluding diaryl/α,β-unsaturated/α-hetero) is 1. The number of alkyl halides is 1. The Bertz CT molecular complexity index is 531. The maximum Gasteiger partial charge on any atom is 0.231 e. The third-order valence-corrected chi connectivity index (χ3v) is 5.48. The van der Waals surface area contributed by atoms with Gasteiger partial charge in [-0.3, -0.25) is 19.1 Å². The third kappa shape index (κ3) is 18.6. The van der Waals surface area contributed by atoms with Crippen LogP contribution in [-0.4, -0.2) is 53.3 Å². The summed E-state index contributed by atoms with van der Waals surface area (Å²) in [5, 5.41) is 6.13. The Kier molecular flexibility index (Phi) is 18.7. The van der Waals surface area contributed by atoms with Crippen LogP contribution in [-0.2, 0) is 19.1 Å². The first-order chi connectivity index (χ1) is 14.4. The minimum atomic E-state index is -0.417. The molecule has 0 fully saturated rings. The van der Waals surface area contributed by atoms with Crippen molar-refractivity contribution in [3.63, 3.8) is 0 Å². The van der Waals surface area contributed by atoms with Gasteiger partial charge in [-0.05, 0) is 66.7 Å². The minimum absolute atomic E-state index is 0.00188. The average Bonchev–Trinajstić information content (AvgIpc) is 2.69. The molecule has 7 nitrogen and oxygen atoms in total. The first-order valence-electron chi connectivity index (χ1n) is 11.1. The predicted octanol–water partition coefficient (Wildman–Crippen LogP) is 3.95. The summed E-state index contributed by atoms with van der Waals surface area (Å²) in [6.07, 6.45) is 4.06. The van der Waals surface area contributed by atoms with Crippen LogP contribution in [0.3, 0.4) is 0 Å². The molecule has 0 aliphatic heterocycles. The molecule has 0 aromatic carbocycles. The van der Waals surface area contributed by atoms with Crippen molar-refractivity contribution in [2.24, 2.45) is 0 Å². The number of hydrogen-bond acceptors (Lipinski definition) is 6. The van der Waals surface area contributed by atoms with Gasteiger partial charge < -0.3 is 15.4 Å². The molecular weight excluding hydrogens is 482 g/mol. The topological polar surface area (TPSA) is 96.5 Å². The van der Waals surface area contributed by atoms with Gasteiger partial charge in [0.1, 0.15) is 5.78 Å². The van der Waals surface area contributed by atoms with Gasteiger partial charge in [0.05, 0.1) is 17.0 Å². The fourth-order valence-electron chi connectivity index (χ4n) is 2.69. The van der Waals surface area contributed by atoms with Crippen LogP contribution in [0.5, 0.6) is 0 Å². The smallest absolute Gasteiger partial charge is 0.231 e. The number of carbonyl (C=O) groups is 3. The summed E-state index contributed by atoms with van der Waals surface area (Å²) < 4.78 is 8.64. The molecule has 0 bridgehead atoms. The van der Waals surface area contributed by atoms with E-state index >= 15 is 0 Å². The zero-order chi connectivity index (χ0) is 24.5. The number of ether oxygens (including phenoxy) is 1. The molecule has 3 N–H and O–H groups in total. The van der Waals surface area contributed by atoms with E-state index in [0.29, 0.717) is 38.8 Å². The molecule has 0 heterocycles. The molecule has 0 rings (SSSR count). The Hall–Kier alpha value is -0.640. The molecule has 9 heteroatoms. The van der Waals surface area contributed by atoms with Gasteiger partial charge in [-0.2, -0.15) is 0 Å². The predicted molar refractivity (Wildman–Crippen MR) is 135 cm³/mol. The summed E-state index contributed by atoms with van der Waals surface area (Å²) in [7, 11) is 0. The Morgan fingerprint density at radius 3 is 2.16 bits per heavy atom. The zero-order valence-electron chi connectivity index (χ0n) is 20.4. The molecule has 0 aromatic heterocycles. The summed E-state index contributed by atoms with van der Waals surface area (Å²) in [6.45, 7) is 14.5. The van der Waals surface area contributed by atoms with Crippen molar-refractivity contribution in [1.29, 1.82) is 0 Å². The van der Waals surface area contributed by atoms with Crippen LogP contribution in [0.1, 0.15) is 87.0 Å². The molecule has 184 valence electrons. The van der Waals surface area contributed by atoms with Crippen molar-refractivity contribution in [3.8, 4) is 0 Å². The average molecular weight is 527 g/mol. The Morgan fingerprint density at radius 2 is 1.65 bits per heavy atom. The maximum absolute atomic E-state index is 12.0. The zero-order valence-corrected chi connectivity index (χ0v) is 22.9. The molecule has 0 radical (unpaired) electrons. The van der Waals surface area contributed by atoms with Crippen LogP contribution in [0, 0.1) is 0 Å². The minimum Gasteiger partial charge on any atom is -0.375 e. The van der Waals surface area contributed by atoms with Crippen molar-refractivity contribution in [2.45, 2.75) is 104 Å². The van der Waals surface area contributed by atoms with Crippen LogP contribution >= 0.6 is 28.7 Å². The summed E-state index contributed by atoms with van der Waals surface area (Å²) in [4.78, 5) is 34.9. The molecule has 0 spiro atoms. The van der Waals surface area contributed by atoms with Gasteiger partial charge in [0.2, 0.25) is 11.8 Å². The molecule has 1 unspecified atom stereocenters. The van der Waals surface area contributed by atoms with Gasteiger partial charge in [-0.15, -0.1) is 0 Å². The molecule has 0 saturated carbocycles. The highest BCUT2D eigenvalue weighted by atomic mass is 79.9. The molecule has 0 aliphatic carbocycles. The molecule has 2 amide bonds. The fourth-order valence-corrected chi connectivity index (χ4v) is 3.14. The quantitative estimate of drug-likeness (QED) is 0.139. The second-order valence-electron chi connectivity index (χ2n) is 8.56. The molecule has 31 heavy (non-hydrogen) atoms. The summed E-state index contributed by atoms with van der Waals surface area (Å²) in [5.74, 6) is 0.0202. The van der Waals surface area contributed by atoms with Gasteiger partial charge in [0, 0.05) is 25.1 Å². The number of ketones is 1. The van der Waals surface area contributed by atoms with E-state index in [1.54, 1.807) is 6.92 Å². The van der Waals surface area contributed by atoms with E-state index in [4.69, 9.17) is 4.74 Å². The van der Waals surface area contributed by atoms with E-state index < -0.39 is 5.60 Å².